The Morgan fingerprint density at radius 1 is 0.569 bits per heavy atom. The number of benzene rings is 8. The summed E-state index contributed by atoms with van der Waals surface area (Å²) in [5, 5.41) is 0. The minimum Gasteiger partial charge on any atom is -0.509 e. The number of oxazole rings is 1. The molecule has 324 valence electrons. The number of aryl methyl sites for hydroxylation is 2. The van der Waals surface area contributed by atoms with Gasteiger partial charge in [-0.3, -0.25) is 0 Å². The monoisotopic (exact) mass is 1030 g/mol. The van der Waals surface area contributed by atoms with E-state index in [1.54, 1.807) is 0 Å². The van der Waals surface area contributed by atoms with Crippen molar-refractivity contribution in [2.24, 2.45) is 0 Å². The van der Waals surface area contributed by atoms with Crippen LogP contribution in [0, 0.1) is 32.6 Å². The second-order valence-electron chi connectivity index (χ2n) is 18.2. The van der Waals surface area contributed by atoms with E-state index in [2.05, 4.69) is 198 Å². The van der Waals surface area contributed by atoms with Gasteiger partial charge in [-0.2, -0.15) is 12.1 Å². The Balaban J connectivity index is 0.00000498. The number of nitrogens with zero attached hydrogens (tertiary/aromatic N) is 3. The van der Waals surface area contributed by atoms with Crippen molar-refractivity contribution in [3.63, 3.8) is 0 Å². The molecule has 2 heterocycles. The summed E-state index contributed by atoms with van der Waals surface area (Å²) < 4.78 is 13.0. The van der Waals surface area contributed by atoms with Crippen molar-refractivity contribution in [2.45, 2.75) is 58.3 Å². The number of rotatable bonds is 9. The minimum absolute atomic E-state index is 0. The van der Waals surface area contributed by atoms with Gasteiger partial charge in [0.15, 0.2) is 5.58 Å². The average Bonchev–Trinajstić information content (AvgIpc) is 4.01. The number of ether oxygens (including phenoxy) is 1. The first kappa shape index (κ1) is 42.3. The van der Waals surface area contributed by atoms with Gasteiger partial charge in [-0.25, -0.2) is 4.98 Å². The van der Waals surface area contributed by atoms with Crippen LogP contribution < -0.4 is 14.5 Å². The van der Waals surface area contributed by atoms with E-state index in [0.717, 1.165) is 56.1 Å². The predicted molar refractivity (Wildman–Crippen MR) is 259 cm³/mol. The standard InChI is InChI=1S/C59H48N3O2.Pt/c1-38-30-53-54(31-39(38)2)62(45-33-42(58(3,4)40-18-9-7-10-19-40)32-43(34-45)59(5,6)41-20-11-8-12-21-41)37-61(53)44-22-17-23-46(35-44)63-47-28-29-49-48-24-13-14-25-50(48)56(51(49)36-47)57-60-52-26-15-16-27-55(52)64-57;/h7-34,37,56H,1-6H3;/q-3;. The summed E-state index contributed by atoms with van der Waals surface area (Å²) in [4.78, 5) is 9.51. The summed E-state index contributed by atoms with van der Waals surface area (Å²) in [5.41, 5.74) is 17.1. The molecule has 8 aromatic carbocycles. The van der Waals surface area contributed by atoms with Crippen molar-refractivity contribution in [2.75, 3.05) is 9.80 Å². The van der Waals surface area contributed by atoms with Crippen molar-refractivity contribution in [3.8, 4) is 22.6 Å². The van der Waals surface area contributed by atoms with E-state index in [-0.39, 0.29) is 37.8 Å². The summed E-state index contributed by atoms with van der Waals surface area (Å²) in [6, 6.07) is 67.3. The van der Waals surface area contributed by atoms with Crippen LogP contribution in [0.2, 0.25) is 0 Å². The molecule has 1 unspecified atom stereocenters. The molecular weight excluding hydrogens is 978 g/mol. The van der Waals surface area contributed by atoms with E-state index in [1.807, 2.05) is 42.5 Å². The molecule has 0 amide bonds. The van der Waals surface area contributed by atoms with Crippen LogP contribution in [0.1, 0.15) is 84.0 Å². The van der Waals surface area contributed by atoms with Crippen LogP contribution in [0.15, 0.2) is 174 Å². The van der Waals surface area contributed by atoms with Gasteiger partial charge in [-0.15, -0.1) is 53.8 Å². The molecule has 0 fully saturated rings. The summed E-state index contributed by atoms with van der Waals surface area (Å²) >= 11 is 0. The number of para-hydroxylation sites is 2. The zero-order valence-electron chi connectivity index (χ0n) is 37.3. The largest absolute Gasteiger partial charge is 0.509 e. The van der Waals surface area contributed by atoms with Crippen LogP contribution in [0.5, 0.6) is 11.5 Å². The Labute approximate surface area is 396 Å². The fourth-order valence-electron chi connectivity index (χ4n) is 9.51. The molecule has 5 nitrogen and oxygen atoms in total. The van der Waals surface area contributed by atoms with E-state index in [4.69, 9.17) is 14.1 Å². The summed E-state index contributed by atoms with van der Waals surface area (Å²) in [7, 11) is 0. The van der Waals surface area contributed by atoms with Crippen LogP contribution in [0.25, 0.3) is 22.2 Å². The Bertz CT molecular complexity index is 3120. The molecule has 1 aromatic heterocycles. The van der Waals surface area contributed by atoms with E-state index in [9.17, 15) is 0 Å². The quantitative estimate of drug-likeness (QED) is 0.135. The van der Waals surface area contributed by atoms with Crippen molar-refractivity contribution in [3.05, 3.63) is 239 Å². The number of aromatic nitrogens is 1. The van der Waals surface area contributed by atoms with Gasteiger partial charge in [0, 0.05) is 60.5 Å². The molecule has 0 bridgehead atoms. The Morgan fingerprint density at radius 2 is 1.17 bits per heavy atom. The van der Waals surface area contributed by atoms with Crippen molar-refractivity contribution in [1.82, 2.24) is 4.98 Å². The molecule has 0 radical (unpaired) electrons. The average molecular weight is 1030 g/mol. The third kappa shape index (κ3) is 7.37. The summed E-state index contributed by atoms with van der Waals surface area (Å²) in [6.45, 7) is 15.9. The maximum atomic E-state index is 6.66. The first-order chi connectivity index (χ1) is 31.0. The Hall–Kier alpha value is -6.68. The summed E-state index contributed by atoms with van der Waals surface area (Å²) in [6.07, 6.45) is 0. The molecule has 0 N–H and O–H groups in total. The number of fused-ring (bicyclic) bond motifs is 5. The second kappa shape index (κ2) is 16.4. The third-order valence-electron chi connectivity index (χ3n) is 13.6. The van der Waals surface area contributed by atoms with Crippen molar-refractivity contribution >= 4 is 33.8 Å². The molecule has 65 heavy (non-hydrogen) atoms. The SMILES string of the molecule is Cc1cc2c(cc1C)N(c1cc(C(C)(C)c3ccccc3)cc(C(C)(C)c3ccccc3)c1)[CH-]N2c1[c-]c(Oc2[c-]c3c(cc2)-c2ccccc2C3c2nc3ccccc3o2)ccc1.[Pt]. The van der Waals surface area contributed by atoms with Crippen LogP contribution >= 0.6 is 0 Å². The zero-order chi connectivity index (χ0) is 43.7. The molecule has 6 heteroatoms. The first-order valence-electron chi connectivity index (χ1n) is 22.1. The molecular formula is C59H48N3O2Pt-3. The van der Waals surface area contributed by atoms with Crippen molar-refractivity contribution < 1.29 is 30.2 Å². The van der Waals surface area contributed by atoms with E-state index in [1.165, 1.54) is 33.4 Å². The number of hydrogen-bond acceptors (Lipinski definition) is 5. The van der Waals surface area contributed by atoms with E-state index < -0.39 is 0 Å². The van der Waals surface area contributed by atoms with E-state index >= 15 is 0 Å². The molecule has 0 saturated heterocycles. The summed E-state index contributed by atoms with van der Waals surface area (Å²) in [5.74, 6) is 1.64. The molecule has 1 aliphatic heterocycles. The van der Waals surface area contributed by atoms with Crippen molar-refractivity contribution in [1.29, 1.82) is 0 Å². The zero-order valence-corrected chi connectivity index (χ0v) is 39.6. The maximum absolute atomic E-state index is 6.66. The number of hydrogen-bond donors (Lipinski definition) is 0. The topological polar surface area (TPSA) is 41.7 Å². The fraction of sp³-hybridized carbons (Fsp3) is 0.153. The third-order valence-corrected chi connectivity index (χ3v) is 13.6. The molecule has 0 spiro atoms. The first-order valence-corrected chi connectivity index (χ1v) is 22.1. The normalized spacial score (nSPS) is 14.2. The van der Waals surface area contributed by atoms with Crippen LogP contribution in [-0.2, 0) is 31.9 Å². The minimum atomic E-state index is -0.260. The van der Waals surface area contributed by atoms with Gasteiger partial charge in [0.2, 0.25) is 5.89 Å². The van der Waals surface area contributed by atoms with Gasteiger partial charge >= 0.3 is 0 Å². The Kier molecular flexibility index (Phi) is 10.7. The van der Waals surface area contributed by atoms with Gasteiger partial charge in [0.05, 0.1) is 5.92 Å². The Morgan fingerprint density at radius 3 is 1.85 bits per heavy atom. The molecule has 1 aliphatic carbocycles. The molecule has 11 rings (SSSR count). The number of anilines is 4. The molecule has 1 atom stereocenters. The predicted octanol–water partition coefficient (Wildman–Crippen LogP) is 15.1. The molecule has 9 aromatic rings. The van der Waals surface area contributed by atoms with Crippen LogP contribution in [-0.4, -0.2) is 4.98 Å². The van der Waals surface area contributed by atoms with Gasteiger partial charge in [0.1, 0.15) is 5.52 Å². The fourth-order valence-corrected chi connectivity index (χ4v) is 9.51. The molecule has 2 aliphatic rings. The van der Waals surface area contributed by atoms with Crippen LogP contribution in [0.3, 0.4) is 0 Å². The van der Waals surface area contributed by atoms with Gasteiger partial charge in [-0.05, 0) is 89.2 Å². The van der Waals surface area contributed by atoms with E-state index in [0.29, 0.717) is 17.4 Å². The van der Waals surface area contributed by atoms with Gasteiger partial charge in [-0.1, -0.05) is 136 Å². The van der Waals surface area contributed by atoms with Gasteiger partial charge < -0.3 is 19.0 Å². The van der Waals surface area contributed by atoms with Crippen LogP contribution in [0.4, 0.5) is 22.7 Å². The second-order valence-corrected chi connectivity index (χ2v) is 18.2. The maximum Gasteiger partial charge on any atom is 0.205 e. The van der Waals surface area contributed by atoms with Gasteiger partial charge in [0.25, 0.3) is 0 Å². The molecule has 0 saturated carbocycles. The smallest absolute Gasteiger partial charge is 0.205 e.